The molecule has 2 aliphatic rings. The van der Waals surface area contributed by atoms with E-state index in [4.69, 9.17) is 33.4 Å². The smallest absolute Gasteiger partial charge is 0.457 e. The summed E-state index contributed by atoms with van der Waals surface area (Å²) in [4.78, 5) is 84.6. The van der Waals surface area contributed by atoms with Crippen LogP contribution in [0.25, 0.3) is 22.3 Å². The van der Waals surface area contributed by atoms with Crippen molar-refractivity contribution in [1.29, 1.82) is 0 Å². The van der Waals surface area contributed by atoms with E-state index in [1.54, 1.807) is 93.5 Å². The van der Waals surface area contributed by atoms with E-state index in [-0.39, 0.29) is 36.4 Å². The van der Waals surface area contributed by atoms with Crippen molar-refractivity contribution in [3.05, 3.63) is 56.9 Å². The Hall–Kier alpha value is -5.67. The molecular formula is C39H48N4O12. The van der Waals surface area contributed by atoms with E-state index in [9.17, 15) is 28.8 Å². The third-order valence-corrected chi connectivity index (χ3v) is 8.50. The molecule has 0 fully saturated rings. The molecular weight excluding hydrogens is 716 g/mol. The monoisotopic (exact) mass is 764 g/mol. The van der Waals surface area contributed by atoms with Crippen molar-refractivity contribution in [3.8, 4) is 17.1 Å². The van der Waals surface area contributed by atoms with Gasteiger partial charge in [0, 0.05) is 16.5 Å². The highest BCUT2D eigenvalue weighted by Crippen LogP contribution is 2.42. The van der Waals surface area contributed by atoms with Crippen molar-refractivity contribution < 1.29 is 52.4 Å². The summed E-state index contributed by atoms with van der Waals surface area (Å²) >= 11 is 0. The standard InChI is InChI=1S/C39H48N4O12/c1-12-22-23-16-21(51-35(49)55-38(9,10)11)14-15-27(23)40-30-24(22)18-42-28(30)17-26-25(31(42)45)20-50-32(46)39(26,13-2)52-29(44)19-43(34(48)54-37(6,7)8)41-33(47)53-36(3,4)5/h14-17H,12-13,18-20H2,1-11H3,(H,41,47). The summed E-state index contributed by atoms with van der Waals surface area (Å²) in [5.74, 6) is -1.77. The van der Waals surface area contributed by atoms with Gasteiger partial charge in [0.15, 0.2) is 0 Å². The highest BCUT2D eigenvalue weighted by molar-refractivity contribution is 5.91. The number of fused-ring (bicyclic) bond motifs is 5. The van der Waals surface area contributed by atoms with Gasteiger partial charge in [-0.15, -0.1) is 0 Å². The van der Waals surface area contributed by atoms with Gasteiger partial charge in [0.2, 0.25) is 5.60 Å². The number of carbonyl (C=O) groups excluding carboxylic acids is 5. The minimum atomic E-state index is -2.09. The SMILES string of the molecule is CCc1c2c(nc3ccc(OC(=O)OC(C)(C)C)cc13)-c1cc3c(c(=O)n1C2)COC(=O)C3(CC)OC(=O)CN(NC(=O)OC(C)(C)C)C(=O)OC(C)(C)C. The van der Waals surface area contributed by atoms with Crippen molar-refractivity contribution >= 4 is 41.2 Å². The second kappa shape index (κ2) is 14.5. The molecule has 16 heteroatoms. The molecule has 16 nitrogen and oxygen atoms in total. The van der Waals surface area contributed by atoms with E-state index < -0.39 is 64.8 Å². The fraction of sp³-hybridized carbons (Fsp3) is 0.513. The van der Waals surface area contributed by atoms with Gasteiger partial charge in [-0.25, -0.2) is 39.4 Å². The van der Waals surface area contributed by atoms with Crippen LogP contribution in [0, 0.1) is 0 Å². The molecule has 0 saturated heterocycles. The van der Waals surface area contributed by atoms with Gasteiger partial charge in [0.25, 0.3) is 5.56 Å². The Balaban J connectivity index is 1.53. The van der Waals surface area contributed by atoms with Crippen molar-refractivity contribution in [1.82, 2.24) is 20.0 Å². The van der Waals surface area contributed by atoms with Crippen LogP contribution in [0.5, 0.6) is 5.75 Å². The van der Waals surface area contributed by atoms with Crippen LogP contribution in [0.4, 0.5) is 14.4 Å². The zero-order chi connectivity index (χ0) is 40.8. The van der Waals surface area contributed by atoms with E-state index >= 15 is 0 Å². The molecule has 1 aromatic carbocycles. The molecule has 1 unspecified atom stereocenters. The maximum absolute atomic E-state index is 14.2. The lowest BCUT2D eigenvalue weighted by Gasteiger charge is -2.36. The molecule has 0 radical (unpaired) electrons. The Kier molecular flexibility index (Phi) is 10.7. The predicted octanol–water partition coefficient (Wildman–Crippen LogP) is 6.18. The fourth-order valence-corrected chi connectivity index (χ4v) is 6.37. The highest BCUT2D eigenvalue weighted by Gasteiger charge is 2.51. The van der Waals surface area contributed by atoms with Crippen molar-refractivity contribution in [2.45, 2.75) is 125 Å². The first-order valence-electron chi connectivity index (χ1n) is 18.0. The third-order valence-electron chi connectivity index (χ3n) is 8.50. The number of aryl methyl sites for hydroxylation is 1. The van der Waals surface area contributed by atoms with Crippen LogP contribution in [0.2, 0.25) is 0 Å². The molecule has 2 amide bonds. The molecule has 0 bridgehead atoms. The number of amides is 2. The van der Waals surface area contributed by atoms with Gasteiger partial charge in [-0.05, 0) is 105 Å². The lowest BCUT2D eigenvalue weighted by atomic mass is 9.85. The molecule has 2 aromatic heterocycles. The zero-order valence-corrected chi connectivity index (χ0v) is 33.1. The predicted molar refractivity (Wildman–Crippen MR) is 197 cm³/mol. The Labute approximate surface area is 318 Å². The maximum Gasteiger partial charge on any atom is 0.514 e. The van der Waals surface area contributed by atoms with Crippen molar-refractivity contribution in [2.24, 2.45) is 0 Å². The Morgan fingerprint density at radius 3 is 2.16 bits per heavy atom. The molecule has 2 aliphatic heterocycles. The Bertz CT molecular complexity index is 2140. The first-order valence-corrected chi connectivity index (χ1v) is 18.0. The second-order valence-corrected chi connectivity index (χ2v) is 16.2. The van der Waals surface area contributed by atoms with Crippen LogP contribution in [0.1, 0.15) is 105 Å². The summed E-state index contributed by atoms with van der Waals surface area (Å²) in [7, 11) is 0. The molecule has 3 aromatic rings. The molecule has 1 atom stereocenters. The minimum absolute atomic E-state index is 0.109. The number of rotatable bonds is 6. The number of carbonyl (C=O) groups is 5. The molecule has 296 valence electrons. The number of nitrogens with zero attached hydrogens (tertiary/aromatic N) is 3. The number of esters is 2. The molecule has 5 rings (SSSR count). The lowest BCUT2D eigenvalue weighted by Crippen LogP contribution is -2.53. The second-order valence-electron chi connectivity index (χ2n) is 16.2. The third kappa shape index (κ3) is 8.68. The summed E-state index contributed by atoms with van der Waals surface area (Å²) in [6, 6.07) is 6.61. The van der Waals surface area contributed by atoms with E-state index in [1.165, 1.54) is 4.57 Å². The first kappa shape index (κ1) is 40.5. The lowest BCUT2D eigenvalue weighted by molar-refractivity contribution is -0.190. The number of cyclic esters (lactones) is 1. The van der Waals surface area contributed by atoms with Crippen LogP contribution in [-0.2, 0) is 58.4 Å². The van der Waals surface area contributed by atoms with Crippen LogP contribution in [0.15, 0.2) is 29.1 Å². The van der Waals surface area contributed by atoms with Gasteiger partial charge in [0.05, 0.1) is 29.0 Å². The average Bonchev–Trinajstić information content (AvgIpc) is 3.40. The van der Waals surface area contributed by atoms with E-state index in [1.807, 2.05) is 6.92 Å². The van der Waals surface area contributed by atoms with Crippen LogP contribution in [-0.4, -0.2) is 68.2 Å². The number of ether oxygens (including phenoxy) is 6. The molecule has 0 spiro atoms. The van der Waals surface area contributed by atoms with Crippen LogP contribution in [0.3, 0.4) is 0 Å². The largest absolute Gasteiger partial charge is 0.514 e. The van der Waals surface area contributed by atoms with Gasteiger partial charge < -0.3 is 33.0 Å². The van der Waals surface area contributed by atoms with Crippen LogP contribution >= 0.6 is 0 Å². The van der Waals surface area contributed by atoms with Crippen molar-refractivity contribution in [3.63, 3.8) is 0 Å². The zero-order valence-electron chi connectivity index (χ0n) is 33.1. The number of nitrogens with one attached hydrogen (secondary N) is 1. The average molecular weight is 765 g/mol. The molecule has 0 aliphatic carbocycles. The van der Waals surface area contributed by atoms with Gasteiger partial charge in [-0.2, -0.15) is 0 Å². The highest BCUT2D eigenvalue weighted by atomic mass is 16.7. The molecule has 0 saturated carbocycles. The maximum atomic E-state index is 14.2. The summed E-state index contributed by atoms with van der Waals surface area (Å²) < 4.78 is 34.3. The van der Waals surface area contributed by atoms with Gasteiger partial charge >= 0.3 is 30.3 Å². The number of hydrazine groups is 1. The number of hydrogen-bond acceptors (Lipinski definition) is 13. The Morgan fingerprint density at radius 2 is 1.56 bits per heavy atom. The topological polar surface area (TPSA) is 191 Å². The summed E-state index contributed by atoms with van der Waals surface area (Å²) in [5.41, 5.74) is 0.302. The quantitative estimate of drug-likeness (QED) is 0.101. The number of pyridine rings is 2. The fourth-order valence-electron chi connectivity index (χ4n) is 6.37. The van der Waals surface area contributed by atoms with Crippen LogP contribution < -0.4 is 15.7 Å². The summed E-state index contributed by atoms with van der Waals surface area (Å²) in [6.45, 7) is 17.3. The van der Waals surface area contributed by atoms with E-state index in [0.717, 1.165) is 16.5 Å². The summed E-state index contributed by atoms with van der Waals surface area (Å²) in [6.07, 6.45) is -2.58. The van der Waals surface area contributed by atoms with Crippen molar-refractivity contribution in [2.75, 3.05) is 6.54 Å². The van der Waals surface area contributed by atoms with E-state index in [2.05, 4.69) is 5.43 Å². The molecule has 55 heavy (non-hydrogen) atoms. The van der Waals surface area contributed by atoms with Gasteiger partial charge in [-0.1, -0.05) is 13.8 Å². The Morgan fingerprint density at radius 1 is 0.909 bits per heavy atom. The molecule has 1 N–H and O–H groups in total. The molecule has 4 heterocycles. The number of aromatic nitrogens is 2. The normalized spacial score (nSPS) is 16.2. The summed E-state index contributed by atoms with van der Waals surface area (Å²) in [5, 5.41) is 1.30. The first-order chi connectivity index (χ1) is 25.4. The van der Waals surface area contributed by atoms with E-state index in [0.29, 0.717) is 28.3 Å². The number of benzene rings is 1. The number of hydrogen-bond donors (Lipinski definition) is 1. The van der Waals surface area contributed by atoms with Gasteiger partial charge in [0.1, 0.15) is 35.7 Å². The van der Waals surface area contributed by atoms with Gasteiger partial charge in [-0.3, -0.25) is 4.79 Å². The minimum Gasteiger partial charge on any atom is -0.457 e.